The zero-order valence-corrected chi connectivity index (χ0v) is 14.4. The van der Waals surface area contributed by atoms with Crippen LogP contribution in [0, 0.1) is 23.7 Å². The van der Waals surface area contributed by atoms with E-state index in [0.717, 1.165) is 23.4 Å². The van der Waals surface area contributed by atoms with Crippen LogP contribution in [0.25, 0.3) is 0 Å². The lowest BCUT2D eigenvalue weighted by Gasteiger charge is -2.23. The van der Waals surface area contributed by atoms with E-state index in [0.29, 0.717) is 18.4 Å². The molecule has 4 rings (SSSR count). The minimum absolute atomic E-state index is 0.623. The third kappa shape index (κ3) is 4.51. The smallest absolute Gasteiger partial charge is 0.120 e. The monoisotopic (exact) mass is 333 g/mol. The third-order valence-corrected chi connectivity index (χ3v) is 4.82. The molecule has 0 N–H and O–H groups in total. The first-order valence-corrected chi connectivity index (χ1v) is 9.13. The highest BCUT2D eigenvalue weighted by Crippen LogP contribution is 2.27. The molecule has 0 unspecified atom stereocenters. The van der Waals surface area contributed by atoms with Crippen molar-refractivity contribution in [2.75, 3.05) is 6.61 Å². The van der Waals surface area contributed by atoms with Crippen LogP contribution in [-0.2, 0) is 11.4 Å². The fourth-order valence-electron chi connectivity index (χ4n) is 2.77. The Bertz CT molecular complexity index is 773. The predicted molar refractivity (Wildman–Crippen MR) is 98.1 cm³/mol. The largest absolute Gasteiger partial charge is 0.395 e. The second-order valence-electron chi connectivity index (χ2n) is 6.99. The number of rotatable bonds is 6. The van der Waals surface area contributed by atoms with E-state index >= 15 is 0 Å². The van der Waals surface area contributed by atoms with Gasteiger partial charge in [-0.2, -0.15) is 0 Å². The van der Waals surface area contributed by atoms with Crippen LogP contribution in [0.3, 0.4) is 0 Å². The number of benzene rings is 1. The fourth-order valence-corrected chi connectivity index (χ4v) is 2.77. The van der Waals surface area contributed by atoms with Gasteiger partial charge < -0.3 is 9.40 Å². The minimum Gasteiger partial charge on any atom is -0.395 e. The van der Waals surface area contributed by atoms with Gasteiger partial charge in [-0.3, -0.25) is 0 Å². The first-order chi connectivity index (χ1) is 12.4. The Balaban J connectivity index is 1.47. The molecule has 2 saturated carbocycles. The quantitative estimate of drug-likeness (QED) is 0.457. The Morgan fingerprint density at radius 1 is 1.20 bits per heavy atom. The van der Waals surface area contributed by atoms with Crippen molar-refractivity contribution in [2.24, 2.45) is 17.0 Å². The molecule has 2 aliphatic rings. The summed E-state index contributed by atoms with van der Waals surface area (Å²) in [5.74, 6) is 7.86. The van der Waals surface area contributed by atoms with Gasteiger partial charge in [0.2, 0.25) is 0 Å². The van der Waals surface area contributed by atoms with Crippen LogP contribution < -0.4 is 0 Å². The molecule has 0 bridgehead atoms. The second kappa shape index (κ2) is 7.57. The van der Waals surface area contributed by atoms with E-state index in [1.54, 1.807) is 12.5 Å². The van der Waals surface area contributed by atoms with Gasteiger partial charge in [-0.05, 0) is 43.7 Å². The molecular formula is C21H23N3O. The van der Waals surface area contributed by atoms with Crippen molar-refractivity contribution in [1.29, 1.82) is 0 Å². The molecule has 0 amide bonds. The summed E-state index contributed by atoms with van der Waals surface area (Å²) >= 11 is 0. The molecule has 2 aliphatic carbocycles. The zero-order chi connectivity index (χ0) is 16.9. The van der Waals surface area contributed by atoms with Crippen molar-refractivity contribution < 1.29 is 4.84 Å². The second-order valence-corrected chi connectivity index (χ2v) is 6.99. The van der Waals surface area contributed by atoms with Crippen molar-refractivity contribution >= 4 is 5.71 Å². The van der Waals surface area contributed by atoms with Gasteiger partial charge in [0.25, 0.3) is 0 Å². The summed E-state index contributed by atoms with van der Waals surface area (Å²) in [7, 11) is 0. The molecule has 4 nitrogen and oxygen atoms in total. The van der Waals surface area contributed by atoms with Crippen molar-refractivity contribution in [1.82, 2.24) is 9.55 Å². The molecule has 1 heterocycles. The number of aromatic nitrogens is 2. The van der Waals surface area contributed by atoms with Crippen LogP contribution in [0.4, 0.5) is 0 Å². The third-order valence-electron chi connectivity index (χ3n) is 4.82. The SMILES string of the molecule is C(#CC1CC1)c1ccc(C(Cn2ccnc2)=NOCC2CCC2)cc1. The van der Waals surface area contributed by atoms with E-state index in [-0.39, 0.29) is 0 Å². The van der Waals surface area contributed by atoms with Gasteiger partial charge in [0.05, 0.1) is 12.9 Å². The molecular weight excluding hydrogens is 310 g/mol. The summed E-state index contributed by atoms with van der Waals surface area (Å²) in [6.45, 7) is 1.37. The molecule has 0 radical (unpaired) electrons. The van der Waals surface area contributed by atoms with Gasteiger partial charge in [0.1, 0.15) is 12.3 Å². The normalized spacial score (nSPS) is 17.5. The molecule has 0 saturated heterocycles. The standard InChI is InChI=1S/C21H23N3O/c1-2-19(3-1)15-25-23-21(14-24-13-12-22-16-24)20-10-8-18(9-11-20)7-6-17-4-5-17/h8-13,16-17,19H,1-5,14-15H2. The van der Waals surface area contributed by atoms with Gasteiger partial charge in [0.15, 0.2) is 0 Å². The Labute approximate surface area is 148 Å². The number of nitrogens with zero attached hydrogens (tertiary/aromatic N) is 3. The lowest BCUT2D eigenvalue weighted by atomic mass is 9.86. The molecule has 0 atom stereocenters. The summed E-state index contributed by atoms with van der Waals surface area (Å²) in [4.78, 5) is 9.76. The summed E-state index contributed by atoms with van der Waals surface area (Å²) in [5.41, 5.74) is 3.05. The molecule has 2 aromatic rings. The molecule has 0 spiro atoms. The Kier molecular flexibility index (Phi) is 4.83. The lowest BCUT2D eigenvalue weighted by molar-refractivity contribution is 0.0753. The van der Waals surface area contributed by atoms with Gasteiger partial charge in [-0.1, -0.05) is 35.6 Å². The Hall–Kier alpha value is -2.54. The van der Waals surface area contributed by atoms with E-state index in [9.17, 15) is 0 Å². The maximum atomic E-state index is 5.65. The molecule has 1 aromatic heterocycles. The highest BCUT2D eigenvalue weighted by atomic mass is 16.6. The number of imidazole rings is 1. The molecule has 4 heteroatoms. The van der Waals surface area contributed by atoms with Crippen LogP contribution in [0.5, 0.6) is 0 Å². The van der Waals surface area contributed by atoms with Crippen LogP contribution in [0.1, 0.15) is 43.2 Å². The van der Waals surface area contributed by atoms with Gasteiger partial charge in [0, 0.05) is 29.4 Å². The minimum atomic E-state index is 0.623. The Morgan fingerprint density at radius 3 is 2.68 bits per heavy atom. The maximum Gasteiger partial charge on any atom is 0.120 e. The predicted octanol–water partition coefficient (Wildman–Crippen LogP) is 3.87. The Morgan fingerprint density at radius 2 is 2.04 bits per heavy atom. The number of oxime groups is 1. The van der Waals surface area contributed by atoms with Crippen LogP contribution >= 0.6 is 0 Å². The van der Waals surface area contributed by atoms with Crippen LogP contribution in [-0.4, -0.2) is 21.9 Å². The summed E-state index contributed by atoms with van der Waals surface area (Å²) in [6, 6.07) is 8.30. The van der Waals surface area contributed by atoms with Crippen molar-refractivity contribution in [3.8, 4) is 11.8 Å². The summed E-state index contributed by atoms with van der Waals surface area (Å²) in [6.07, 6.45) is 11.9. The average molecular weight is 333 g/mol. The van der Waals surface area contributed by atoms with E-state index in [1.165, 1.54) is 32.1 Å². The lowest BCUT2D eigenvalue weighted by Crippen LogP contribution is -2.17. The molecule has 1 aromatic carbocycles. The van der Waals surface area contributed by atoms with E-state index in [4.69, 9.17) is 4.84 Å². The highest BCUT2D eigenvalue weighted by Gasteiger charge is 2.18. The highest BCUT2D eigenvalue weighted by molar-refractivity contribution is 6.00. The first kappa shape index (κ1) is 16.0. The van der Waals surface area contributed by atoms with Crippen molar-refractivity contribution in [3.63, 3.8) is 0 Å². The van der Waals surface area contributed by atoms with Crippen LogP contribution in [0.2, 0.25) is 0 Å². The van der Waals surface area contributed by atoms with E-state index in [1.807, 2.05) is 10.8 Å². The van der Waals surface area contributed by atoms with Crippen molar-refractivity contribution in [3.05, 3.63) is 54.1 Å². The topological polar surface area (TPSA) is 39.4 Å². The van der Waals surface area contributed by atoms with Gasteiger partial charge >= 0.3 is 0 Å². The molecule has 2 fully saturated rings. The van der Waals surface area contributed by atoms with E-state index < -0.39 is 0 Å². The van der Waals surface area contributed by atoms with Crippen molar-refractivity contribution in [2.45, 2.75) is 38.6 Å². The molecule has 128 valence electrons. The van der Waals surface area contributed by atoms with Crippen LogP contribution in [0.15, 0.2) is 48.1 Å². The van der Waals surface area contributed by atoms with Gasteiger partial charge in [-0.25, -0.2) is 4.98 Å². The average Bonchev–Trinajstić information content (AvgIpc) is 3.29. The van der Waals surface area contributed by atoms with E-state index in [2.05, 4.69) is 46.2 Å². The maximum absolute atomic E-state index is 5.65. The molecule has 25 heavy (non-hydrogen) atoms. The zero-order valence-electron chi connectivity index (χ0n) is 14.4. The van der Waals surface area contributed by atoms with Gasteiger partial charge in [-0.15, -0.1) is 0 Å². The fraction of sp³-hybridized carbons (Fsp3) is 0.429. The summed E-state index contributed by atoms with van der Waals surface area (Å²) < 4.78 is 2.01. The first-order valence-electron chi connectivity index (χ1n) is 9.13. The number of hydrogen-bond acceptors (Lipinski definition) is 3. The molecule has 0 aliphatic heterocycles. The summed E-state index contributed by atoms with van der Waals surface area (Å²) in [5, 5.41) is 4.44. The number of hydrogen-bond donors (Lipinski definition) is 0.